The molecule has 1 amide bonds. The van der Waals surface area contributed by atoms with E-state index in [1.807, 2.05) is 13.8 Å². The highest BCUT2D eigenvalue weighted by molar-refractivity contribution is 5.76. The Kier molecular flexibility index (Phi) is 2.25. The average Bonchev–Trinajstić information content (AvgIpc) is 2.35. The number of hydrogen-bond donors (Lipinski definition) is 1. The molecule has 0 spiro atoms. The van der Waals surface area contributed by atoms with Crippen molar-refractivity contribution in [2.75, 3.05) is 0 Å². The Hall–Kier alpha value is -1.32. The van der Waals surface area contributed by atoms with Crippen molar-refractivity contribution in [1.82, 2.24) is 14.9 Å². The summed E-state index contributed by atoms with van der Waals surface area (Å²) in [7, 11) is 0. The van der Waals surface area contributed by atoms with Gasteiger partial charge in [-0.25, -0.2) is 9.78 Å². The fraction of sp³-hybridized carbons (Fsp3) is 0.429. The molecular formula is C7H11N3O. The van der Waals surface area contributed by atoms with Crippen LogP contribution in [0.25, 0.3) is 0 Å². The van der Waals surface area contributed by atoms with Crippen LogP contribution in [0.4, 0.5) is 4.79 Å². The maximum absolute atomic E-state index is 11.1. The summed E-state index contributed by atoms with van der Waals surface area (Å²) in [5, 5.41) is 2.73. The molecule has 11 heavy (non-hydrogen) atoms. The second-order valence-electron chi connectivity index (χ2n) is 2.57. The summed E-state index contributed by atoms with van der Waals surface area (Å²) >= 11 is 0. The Balaban J connectivity index is 2.57. The Labute approximate surface area is 65.2 Å². The molecule has 1 aromatic rings. The van der Waals surface area contributed by atoms with Crippen LogP contribution in [-0.4, -0.2) is 21.6 Å². The highest BCUT2D eigenvalue weighted by Crippen LogP contribution is 1.86. The number of aromatic nitrogens is 2. The lowest BCUT2D eigenvalue weighted by molar-refractivity contribution is 0.240. The molecule has 4 heteroatoms. The summed E-state index contributed by atoms with van der Waals surface area (Å²) in [6, 6.07) is 0.0161. The van der Waals surface area contributed by atoms with Crippen LogP contribution in [0.1, 0.15) is 13.8 Å². The van der Waals surface area contributed by atoms with E-state index in [0.717, 1.165) is 0 Å². The summed E-state index contributed by atoms with van der Waals surface area (Å²) in [6.07, 6.45) is 4.65. The third-order valence-corrected chi connectivity index (χ3v) is 1.15. The number of amides is 1. The second kappa shape index (κ2) is 3.18. The SMILES string of the molecule is CC(C)NC(=O)n1ccnc1. The molecule has 0 aliphatic heterocycles. The summed E-state index contributed by atoms with van der Waals surface area (Å²) in [5.74, 6) is 0. The van der Waals surface area contributed by atoms with E-state index in [0.29, 0.717) is 0 Å². The van der Waals surface area contributed by atoms with Crippen molar-refractivity contribution in [3.63, 3.8) is 0 Å². The van der Waals surface area contributed by atoms with Gasteiger partial charge in [0.25, 0.3) is 0 Å². The van der Waals surface area contributed by atoms with Gasteiger partial charge in [-0.3, -0.25) is 4.57 Å². The zero-order chi connectivity index (χ0) is 8.27. The summed E-state index contributed by atoms with van der Waals surface area (Å²) in [6.45, 7) is 3.82. The molecule has 0 aliphatic rings. The van der Waals surface area contributed by atoms with Crippen molar-refractivity contribution in [2.24, 2.45) is 0 Å². The van der Waals surface area contributed by atoms with Crippen LogP contribution in [0.15, 0.2) is 18.7 Å². The van der Waals surface area contributed by atoms with Crippen molar-refractivity contribution in [3.05, 3.63) is 18.7 Å². The third-order valence-electron chi connectivity index (χ3n) is 1.15. The zero-order valence-corrected chi connectivity index (χ0v) is 6.61. The van der Waals surface area contributed by atoms with E-state index in [4.69, 9.17) is 0 Å². The van der Waals surface area contributed by atoms with Gasteiger partial charge in [0.2, 0.25) is 0 Å². The Morgan fingerprint density at radius 1 is 1.64 bits per heavy atom. The van der Waals surface area contributed by atoms with Gasteiger partial charge in [0.15, 0.2) is 0 Å². The smallest absolute Gasteiger partial charge is 0.326 e. The van der Waals surface area contributed by atoms with Gasteiger partial charge in [-0.2, -0.15) is 0 Å². The number of nitrogens with one attached hydrogen (secondary N) is 1. The topological polar surface area (TPSA) is 46.9 Å². The van der Waals surface area contributed by atoms with E-state index in [1.54, 1.807) is 12.4 Å². The molecule has 60 valence electrons. The molecule has 1 N–H and O–H groups in total. The van der Waals surface area contributed by atoms with Crippen molar-refractivity contribution < 1.29 is 4.79 Å². The van der Waals surface area contributed by atoms with Crippen LogP contribution in [0.5, 0.6) is 0 Å². The zero-order valence-electron chi connectivity index (χ0n) is 6.61. The number of imidazole rings is 1. The van der Waals surface area contributed by atoms with E-state index in [2.05, 4.69) is 10.3 Å². The maximum atomic E-state index is 11.1. The first kappa shape index (κ1) is 7.78. The number of hydrogen-bond acceptors (Lipinski definition) is 2. The van der Waals surface area contributed by atoms with Crippen LogP contribution >= 0.6 is 0 Å². The molecule has 0 atom stereocenters. The van der Waals surface area contributed by atoms with E-state index >= 15 is 0 Å². The molecule has 1 heterocycles. The molecule has 0 saturated heterocycles. The lowest BCUT2D eigenvalue weighted by atomic mass is 10.4. The van der Waals surface area contributed by atoms with Crippen LogP contribution in [0.3, 0.4) is 0 Å². The van der Waals surface area contributed by atoms with Gasteiger partial charge < -0.3 is 5.32 Å². The first-order valence-electron chi connectivity index (χ1n) is 3.49. The minimum absolute atomic E-state index is 0.141. The molecular weight excluding hydrogens is 142 g/mol. The summed E-state index contributed by atoms with van der Waals surface area (Å²) in [4.78, 5) is 14.9. The number of carbonyl (C=O) groups excluding carboxylic acids is 1. The molecule has 0 unspecified atom stereocenters. The number of nitrogens with zero attached hydrogens (tertiary/aromatic N) is 2. The molecule has 0 bridgehead atoms. The molecule has 4 nitrogen and oxygen atoms in total. The monoisotopic (exact) mass is 153 g/mol. The molecule has 0 fully saturated rings. The van der Waals surface area contributed by atoms with E-state index in [1.165, 1.54) is 10.9 Å². The van der Waals surface area contributed by atoms with E-state index < -0.39 is 0 Å². The van der Waals surface area contributed by atoms with Gasteiger partial charge in [-0.05, 0) is 13.8 Å². The van der Waals surface area contributed by atoms with E-state index in [9.17, 15) is 4.79 Å². The number of carbonyl (C=O) groups is 1. The Morgan fingerprint density at radius 3 is 2.82 bits per heavy atom. The first-order chi connectivity index (χ1) is 5.20. The molecule has 1 rings (SSSR count). The van der Waals surface area contributed by atoms with Crippen LogP contribution < -0.4 is 5.32 Å². The van der Waals surface area contributed by atoms with Gasteiger partial charge in [0.1, 0.15) is 6.33 Å². The molecule has 0 aromatic carbocycles. The largest absolute Gasteiger partial charge is 0.335 e. The number of rotatable bonds is 1. The predicted octanol–water partition coefficient (Wildman–Crippen LogP) is 0.849. The third kappa shape index (κ3) is 2.07. The molecule has 0 radical (unpaired) electrons. The Morgan fingerprint density at radius 2 is 2.36 bits per heavy atom. The van der Waals surface area contributed by atoms with Crippen molar-refractivity contribution in [1.29, 1.82) is 0 Å². The van der Waals surface area contributed by atoms with E-state index in [-0.39, 0.29) is 12.1 Å². The average molecular weight is 153 g/mol. The fourth-order valence-electron chi connectivity index (χ4n) is 0.701. The molecule has 0 saturated carbocycles. The molecule has 0 aliphatic carbocycles. The summed E-state index contributed by atoms with van der Waals surface area (Å²) < 4.78 is 1.40. The summed E-state index contributed by atoms with van der Waals surface area (Å²) in [5.41, 5.74) is 0. The second-order valence-corrected chi connectivity index (χ2v) is 2.57. The highest BCUT2D eigenvalue weighted by atomic mass is 16.2. The van der Waals surface area contributed by atoms with Gasteiger partial charge in [-0.1, -0.05) is 0 Å². The van der Waals surface area contributed by atoms with Crippen molar-refractivity contribution in [2.45, 2.75) is 19.9 Å². The van der Waals surface area contributed by atoms with Crippen LogP contribution in [-0.2, 0) is 0 Å². The normalized spacial score (nSPS) is 10.1. The quantitative estimate of drug-likeness (QED) is 0.650. The van der Waals surface area contributed by atoms with Gasteiger partial charge >= 0.3 is 6.03 Å². The Bertz CT molecular complexity index is 228. The lowest BCUT2D eigenvalue weighted by Crippen LogP contribution is -2.33. The minimum atomic E-state index is -0.141. The standard InChI is InChI=1S/C7H11N3O/c1-6(2)9-7(11)10-4-3-8-5-10/h3-6H,1-2H3,(H,9,11). The first-order valence-corrected chi connectivity index (χ1v) is 3.49. The van der Waals surface area contributed by atoms with Crippen LogP contribution in [0.2, 0.25) is 0 Å². The fourth-order valence-corrected chi connectivity index (χ4v) is 0.701. The van der Waals surface area contributed by atoms with Gasteiger partial charge in [-0.15, -0.1) is 0 Å². The van der Waals surface area contributed by atoms with Gasteiger partial charge in [0, 0.05) is 18.4 Å². The maximum Gasteiger partial charge on any atom is 0.326 e. The minimum Gasteiger partial charge on any atom is -0.335 e. The van der Waals surface area contributed by atoms with Crippen molar-refractivity contribution >= 4 is 6.03 Å². The lowest BCUT2D eigenvalue weighted by Gasteiger charge is -2.07. The molecule has 1 aromatic heterocycles. The predicted molar refractivity (Wildman–Crippen MR) is 41.3 cm³/mol. The highest BCUT2D eigenvalue weighted by Gasteiger charge is 2.02. The van der Waals surface area contributed by atoms with Crippen LogP contribution in [0, 0.1) is 0 Å². The van der Waals surface area contributed by atoms with Crippen molar-refractivity contribution in [3.8, 4) is 0 Å². The van der Waals surface area contributed by atoms with Gasteiger partial charge in [0.05, 0.1) is 0 Å².